The van der Waals surface area contributed by atoms with Crippen LogP contribution in [0.1, 0.15) is 34.8 Å². The van der Waals surface area contributed by atoms with Crippen LogP contribution in [0.15, 0.2) is 61.1 Å². The fourth-order valence-corrected chi connectivity index (χ4v) is 3.71. The Bertz CT molecular complexity index is 974. The van der Waals surface area contributed by atoms with E-state index in [1.165, 1.54) is 24.5 Å². The third-order valence-electron chi connectivity index (χ3n) is 5.09. The van der Waals surface area contributed by atoms with Crippen LogP contribution in [0.5, 0.6) is 0 Å². The molecule has 0 saturated carbocycles. The number of benzene rings is 2. The van der Waals surface area contributed by atoms with Crippen molar-refractivity contribution < 1.29 is 13.6 Å². The van der Waals surface area contributed by atoms with Crippen molar-refractivity contribution in [2.24, 2.45) is 0 Å². The summed E-state index contributed by atoms with van der Waals surface area (Å²) in [5, 5.41) is 0. The van der Waals surface area contributed by atoms with E-state index in [1.807, 2.05) is 6.07 Å². The summed E-state index contributed by atoms with van der Waals surface area (Å²) in [6, 6.07) is 12.1. The Hall–Kier alpha value is -3.15. The van der Waals surface area contributed by atoms with Gasteiger partial charge in [-0.2, -0.15) is 0 Å². The van der Waals surface area contributed by atoms with Crippen LogP contribution in [-0.2, 0) is 0 Å². The number of carbonyl (C=O) groups is 1. The van der Waals surface area contributed by atoms with Gasteiger partial charge in [-0.1, -0.05) is 18.2 Å². The molecule has 2 aromatic carbocycles. The van der Waals surface area contributed by atoms with Gasteiger partial charge >= 0.3 is 0 Å². The zero-order valence-corrected chi connectivity index (χ0v) is 15.2. The molecule has 1 atom stereocenters. The molecule has 0 N–H and O–H groups in total. The molecule has 1 aliphatic heterocycles. The van der Waals surface area contributed by atoms with Gasteiger partial charge in [-0.05, 0) is 48.7 Å². The summed E-state index contributed by atoms with van der Waals surface area (Å²) in [7, 11) is 0. The Morgan fingerprint density at radius 2 is 1.86 bits per heavy atom. The van der Waals surface area contributed by atoms with Crippen LogP contribution in [0.2, 0.25) is 0 Å². The summed E-state index contributed by atoms with van der Waals surface area (Å²) in [6.45, 7) is 1.22. The standard InChI is InChI=1S/C22H19F2N3O/c23-18-7-2-8-19(24)21(18)15-4-1-5-16(12-15)22(28)27-11-3-6-17(13-27)20-9-10-25-14-26-20/h1-2,4-5,7-10,12,14,17H,3,6,11,13H2. The molecule has 1 amide bonds. The second kappa shape index (κ2) is 7.84. The van der Waals surface area contributed by atoms with Crippen molar-refractivity contribution in [2.75, 3.05) is 13.1 Å². The van der Waals surface area contributed by atoms with Crippen LogP contribution >= 0.6 is 0 Å². The average Bonchev–Trinajstić information content (AvgIpc) is 2.74. The van der Waals surface area contributed by atoms with E-state index in [0.717, 1.165) is 18.5 Å². The summed E-state index contributed by atoms with van der Waals surface area (Å²) in [6.07, 6.45) is 5.06. The monoisotopic (exact) mass is 379 g/mol. The summed E-state index contributed by atoms with van der Waals surface area (Å²) in [4.78, 5) is 23.1. The van der Waals surface area contributed by atoms with Crippen molar-refractivity contribution >= 4 is 5.91 Å². The number of carbonyl (C=O) groups excluding carboxylic acids is 1. The molecule has 0 radical (unpaired) electrons. The van der Waals surface area contributed by atoms with E-state index in [2.05, 4.69) is 9.97 Å². The lowest BCUT2D eigenvalue weighted by Gasteiger charge is -2.32. The molecule has 1 aromatic heterocycles. The molecule has 0 bridgehead atoms. The van der Waals surface area contributed by atoms with Crippen molar-refractivity contribution in [1.82, 2.24) is 14.9 Å². The van der Waals surface area contributed by atoms with Gasteiger partial charge in [0.05, 0.1) is 5.56 Å². The third kappa shape index (κ3) is 3.63. The molecule has 1 saturated heterocycles. The molecule has 6 heteroatoms. The fourth-order valence-electron chi connectivity index (χ4n) is 3.71. The molecule has 1 aliphatic rings. The predicted octanol–water partition coefficient (Wildman–Crippen LogP) is 4.44. The van der Waals surface area contributed by atoms with Gasteiger partial charge < -0.3 is 4.90 Å². The Balaban J connectivity index is 1.58. The molecular weight excluding hydrogens is 360 g/mol. The first kappa shape index (κ1) is 18.2. The van der Waals surface area contributed by atoms with Gasteiger partial charge in [0.2, 0.25) is 0 Å². The molecule has 4 rings (SSSR count). The molecule has 0 spiro atoms. The average molecular weight is 379 g/mol. The predicted molar refractivity (Wildman–Crippen MR) is 102 cm³/mol. The highest BCUT2D eigenvalue weighted by Gasteiger charge is 2.26. The van der Waals surface area contributed by atoms with Gasteiger partial charge in [0, 0.05) is 36.5 Å². The zero-order valence-electron chi connectivity index (χ0n) is 15.2. The van der Waals surface area contributed by atoms with Crippen LogP contribution < -0.4 is 0 Å². The first-order chi connectivity index (χ1) is 13.6. The minimum Gasteiger partial charge on any atom is -0.338 e. The second-order valence-electron chi connectivity index (χ2n) is 6.90. The van der Waals surface area contributed by atoms with Crippen LogP contribution in [0, 0.1) is 11.6 Å². The molecule has 1 fully saturated rings. The van der Waals surface area contributed by atoms with Gasteiger partial charge in [0.25, 0.3) is 5.91 Å². The molecule has 0 aliphatic carbocycles. The van der Waals surface area contributed by atoms with Crippen molar-refractivity contribution in [3.63, 3.8) is 0 Å². The second-order valence-corrected chi connectivity index (χ2v) is 6.90. The van der Waals surface area contributed by atoms with E-state index in [0.29, 0.717) is 24.2 Å². The quantitative estimate of drug-likeness (QED) is 0.676. The highest BCUT2D eigenvalue weighted by Crippen LogP contribution is 2.29. The van der Waals surface area contributed by atoms with E-state index in [4.69, 9.17) is 0 Å². The smallest absolute Gasteiger partial charge is 0.253 e. The maximum atomic E-state index is 14.1. The van der Waals surface area contributed by atoms with E-state index in [-0.39, 0.29) is 17.4 Å². The van der Waals surface area contributed by atoms with Crippen molar-refractivity contribution in [1.29, 1.82) is 0 Å². The lowest BCUT2D eigenvalue weighted by molar-refractivity contribution is 0.0706. The first-order valence-electron chi connectivity index (χ1n) is 9.23. The number of hydrogen-bond acceptors (Lipinski definition) is 3. The minimum absolute atomic E-state index is 0.116. The Labute approximate surface area is 161 Å². The SMILES string of the molecule is O=C(c1cccc(-c2c(F)cccc2F)c1)N1CCCC(c2ccncn2)C1. The van der Waals surface area contributed by atoms with Crippen LogP contribution in [0.4, 0.5) is 8.78 Å². The summed E-state index contributed by atoms with van der Waals surface area (Å²) in [5.74, 6) is -1.27. The molecule has 4 nitrogen and oxygen atoms in total. The molecule has 28 heavy (non-hydrogen) atoms. The van der Waals surface area contributed by atoms with Crippen molar-refractivity contribution in [3.8, 4) is 11.1 Å². The van der Waals surface area contributed by atoms with Crippen molar-refractivity contribution in [2.45, 2.75) is 18.8 Å². The van der Waals surface area contributed by atoms with Gasteiger partial charge in [-0.15, -0.1) is 0 Å². The van der Waals surface area contributed by atoms with Gasteiger partial charge in [-0.3, -0.25) is 4.79 Å². The van der Waals surface area contributed by atoms with Gasteiger partial charge in [0.15, 0.2) is 0 Å². The third-order valence-corrected chi connectivity index (χ3v) is 5.09. The highest BCUT2D eigenvalue weighted by atomic mass is 19.1. The summed E-state index contributed by atoms with van der Waals surface area (Å²) in [5.41, 5.74) is 1.58. The van der Waals surface area contributed by atoms with Crippen LogP contribution in [0.3, 0.4) is 0 Å². The first-order valence-corrected chi connectivity index (χ1v) is 9.23. The molecular formula is C22H19F2N3O. The van der Waals surface area contributed by atoms with E-state index >= 15 is 0 Å². The van der Waals surface area contributed by atoms with Gasteiger partial charge in [0.1, 0.15) is 18.0 Å². The number of halogens is 2. The lowest BCUT2D eigenvalue weighted by Crippen LogP contribution is -2.39. The Kier molecular flexibility index (Phi) is 5.10. The normalized spacial score (nSPS) is 16.8. The Morgan fingerprint density at radius 3 is 2.61 bits per heavy atom. The minimum atomic E-state index is -0.647. The number of likely N-dealkylation sites (tertiary alicyclic amines) is 1. The number of rotatable bonds is 3. The largest absolute Gasteiger partial charge is 0.338 e. The summed E-state index contributed by atoms with van der Waals surface area (Å²) < 4.78 is 28.2. The number of amides is 1. The number of aromatic nitrogens is 2. The van der Waals surface area contributed by atoms with E-state index in [9.17, 15) is 13.6 Å². The van der Waals surface area contributed by atoms with Crippen LogP contribution in [-0.4, -0.2) is 33.9 Å². The molecule has 2 heterocycles. The fraction of sp³-hybridized carbons (Fsp3) is 0.227. The van der Waals surface area contributed by atoms with Crippen molar-refractivity contribution in [3.05, 3.63) is 83.9 Å². The Morgan fingerprint density at radius 1 is 1.07 bits per heavy atom. The van der Waals surface area contributed by atoms with Crippen LogP contribution in [0.25, 0.3) is 11.1 Å². The maximum Gasteiger partial charge on any atom is 0.253 e. The zero-order chi connectivity index (χ0) is 19.5. The lowest BCUT2D eigenvalue weighted by atomic mass is 9.93. The maximum absolute atomic E-state index is 14.1. The highest BCUT2D eigenvalue weighted by molar-refractivity contribution is 5.95. The summed E-state index contributed by atoms with van der Waals surface area (Å²) >= 11 is 0. The molecule has 142 valence electrons. The molecule has 3 aromatic rings. The number of piperidine rings is 1. The molecule has 1 unspecified atom stereocenters. The van der Waals surface area contributed by atoms with E-state index < -0.39 is 11.6 Å². The van der Waals surface area contributed by atoms with E-state index in [1.54, 1.807) is 35.4 Å². The number of nitrogens with zero attached hydrogens (tertiary/aromatic N) is 3. The number of hydrogen-bond donors (Lipinski definition) is 0. The van der Waals surface area contributed by atoms with Gasteiger partial charge in [-0.25, -0.2) is 18.7 Å². The topological polar surface area (TPSA) is 46.1 Å².